The van der Waals surface area contributed by atoms with Gasteiger partial charge < -0.3 is 4.90 Å². The smallest absolute Gasteiger partial charge is 0.289 e. The van der Waals surface area contributed by atoms with Gasteiger partial charge in [-0.25, -0.2) is 0 Å². The number of halogens is 1. The highest BCUT2D eigenvalue weighted by molar-refractivity contribution is 7.90. The summed E-state index contributed by atoms with van der Waals surface area (Å²) >= 11 is 5.72. The molecule has 7 nitrogen and oxygen atoms in total. The van der Waals surface area contributed by atoms with Crippen LogP contribution in [-0.2, 0) is 16.4 Å². The second-order valence-corrected chi connectivity index (χ2v) is 7.23. The molecule has 0 unspecified atom stereocenters. The highest BCUT2D eigenvalue weighted by atomic mass is 35.5. The van der Waals surface area contributed by atoms with E-state index in [2.05, 4.69) is 4.40 Å². The Morgan fingerprint density at radius 1 is 1.25 bits per heavy atom. The molecule has 24 heavy (non-hydrogen) atoms. The molecule has 0 spiro atoms. The van der Waals surface area contributed by atoms with E-state index in [4.69, 9.17) is 11.6 Å². The van der Waals surface area contributed by atoms with Crippen LogP contribution in [0.1, 0.15) is 5.56 Å². The van der Waals surface area contributed by atoms with Crippen LogP contribution in [0.5, 0.6) is 0 Å². The van der Waals surface area contributed by atoms with Crippen molar-refractivity contribution in [3.8, 4) is 0 Å². The predicted octanol–water partition coefficient (Wildman–Crippen LogP) is 3.03. The van der Waals surface area contributed by atoms with Gasteiger partial charge >= 0.3 is 0 Å². The number of nitrogens with zero attached hydrogens (tertiary/aromatic N) is 3. The van der Waals surface area contributed by atoms with Gasteiger partial charge in [0.05, 0.1) is 9.82 Å². The Bertz CT molecular complexity index is 972. The number of hydrogen-bond acceptors (Lipinski definition) is 4. The third-order valence-corrected chi connectivity index (χ3v) is 5.35. The number of likely N-dealkylation sites (N-methyl/N-ethyl adjacent to an activating group) is 1. The topological polar surface area (TPSA) is 92.9 Å². The summed E-state index contributed by atoms with van der Waals surface area (Å²) in [5.41, 5.74) is 1.38. The molecule has 0 saturated heterocycles. The van der Waals surface area contributed by atoms with Gasteiger partial charge in [-0.1, -0.05) is 29.8 Å². The van der Waals surface area contributed by atoms with Crippen LogP contribution in [0, 0.1) is 10.1 Å². The summed E-state index contributed by atoms with van der Waals surface area (Å²) < 4.78 is 28.8. The first-order chi connectivity index (χ1) is 11.3. The number of anilines is 1. The van der Waals surface area contributed by atoms with Crippen molar-refractivity contribution in [2.45, 2.75) is 11.3 Å². The number of hydrogen-bond donors (Lipinski definition) is 0. The molecule has 0 fully saturated rings. The quantitative estimate of drug-likeness (QED) is 0.615. The summed E-state index contributed by atoms with van der Waals surface area (Å²) in [7, 11) is -2.36. The maximum atomic E-state index is 12.5. The fourth-order valence-corrected chi connectivity index (χ4v) is 3.75. The standard InChI is InChI=1S/C15H12ClN3O4S/c1-18-13-5-3-2-4-10(13)8-15(18)17-24(22,23)11-6-7-12(16)14(9-11)19(20)21/h2-7,9H,8H2,1H3/b17-15+. The molecule has 2 aromatic rings. The van der Waals surface area contributed by atoms with Crippen molar-refractivity contribution >= 4 is 38.8 Å². The van der Waals surface area contributed by atoms with Gasteiger partial charge in [0.25, 0.3) is 15.7 Å². The number of fused-ring (bicyclic) bond motifs is 1. The Labute approximate surface area is 143 Å². The maximum absolute atomic E-state index is 12.5. The molecule has 0 amide bonds. The zero-order valence-corrected chi connectivity index (χ0v) is 14.1. The largest absolute Gasteiger partial charge is 0.332 e. The lowest BCUT2D eigenvalue weighted by Gasteiger charge is -2.13. The SMILES string of the molecule is CN1/C(=N/S(=O)(=O)c2ccc(Cl)c([N+](=O)[O-])c2)Cc2ccccc21. The van der Waals surface area contributed by atoms with Crippen LogP contribution < -0.4 is 4.90 Å². The predicted molar refractivity (Wildman–Crippen MR) is 91.3 cm³/mol. The number of amidine groups is 1. The molecule has 3 rings (SSSR count). The van der Waals surface area contributed by atoms with Crippen molar-refractivity contribution in [1.82, 2.24) is 0 Å². The first-order valence-electron chi connectivity index (χ1n) is 6.89. The fourth-order valence-electron chi connectivity index (χ4n) is 2.49. The summed E-state index contributed by atoms with van der Waals surface area (Å²) in [5, 5.41) is 10.8. The zero-order valence-electron chi connectivity index (χ0n) is 12.5. The average Bonchev–Trinajstić information content (AvgIpc) is 2.83. The van der Waals surface area contributed by atoms with Gasteiger partial charge in [-0.2, -0.15) is 8.42 Å². The lowest BCUT2D eigenvalue weighted by molar-refractivity contribution is -0.384. The summed E-state index contributed by atoms with van der Waals surface area (Å²) in [6.45, 7) is 0. The van der Waals surface area contributed by atoms with Crippen LogP contribution in [-0.4, -0.2) is 26.2 Å². The molecule has 0 N–H and O–H groups in total. The van der Waals surface area contributed by atoms with Crippen molar-refractivity contribution in [3.63, 3.8) is 0 Å². The normalized spacial score (nSPS) is 15.6. The number of rotatable bonds is 3. The molecule has 0 saturated carbocycles. The van der Waals surface area contributed by atoms with E-state index in [1.807, 2.05) is 24.3 Å². The van der Waals surface area contributed by atoms with Gasteiger partial charge in [-0.05, 0) is 23.8 Å². The van der Waals surface area contributed by atoms with E-state index in [0.29, 0.717) is 12.3 Å². The van der Waals surface area contributed by atoms with Crippen molar-refractivity contribution < 1.29 is 13.3 Å². The minimum atomic E-state index is -4.08. The number of para-hydroxylation sites is 1. The molecular weight excluding hydrogens is 354 g/mol. The van der Waals surface area contributed by atoms with Gasteiger partial charge in [0, 0.05) is 25.2 Å². The number of nitro groups is 1. The van der Waals surface area contributed by atoms with Crippen LogP contribution in [0.4, 0.5) is 11.4 Å². The van der Waals surface area contributed by atoms with Crippen molar-refractivity contribution in [3.05, 3.63) is 63.2 Å². The Morgan fingerprint density at radius 2 is 1.96 bits per heavy atom. The van der Waals surface area contributed by atoms with Gasteiger partial charge in [-0.3, -0.25) is 10.1 Å². The minimum Gasteiger partial charge on any atom is -0.332 e. The van der Waals surface area contributed by atoms with Gasteiger partial charge in [0.1, 0.15) is 10.9 Å². The van der Waals surface area contributed by atoms with E-state index in [9.17, 15) is 18.5 Å². The van der Waals surface area contributed by atoms with E-state index in [1.165, 1.54) is 12.1 Å². The molecule has 0 aliphatic carbocycles. The van der Waals surface area contributed by atoms with E-state index in [0.717, 1.165) is 17.3 Å². The van der Waals surface area contributed by atoms with Crippen LogP contribution in [0.2, 0.25) is 5.02 Å². The summed E-state index contributed by atoms with van der Waals surface area (Å²) in [6.07, 6.45) is 0.377. The molecular formula is C15H12ClN3O4S. The van der Waals surface area contributed by atoms with E-state index < -0.39 is 20.6 Å². The monoisotopic (exact) mass is 365 g/mol. The Morgan fingerprint density at radius 3 is 2.62 bits per heavy atom. The van der Waals surface area contributed by atoms with Crippen LogP contribution in [0.25, 0.3) is 0 Å². The number of nitro benzene ring substituents is 1. The Kier molecular flexibility index (Phi) is 4.02. The molecule has 0 bridgehead atoms. The Hall–Kier alpha value is -2.45. The first kappa shape index (κ1) is 16.4. The molecule has 0 atom stereocenters. The van der Waals surface area contributed by atoms with Crippen molar-refractivity contribution in [1.29, 1.82) is 0 Å². The molecule has 1 heterocycles. The second-order valence-electron chi connectivity index (χ2n) is 5.22. The number of benzene rings is 2. The first-order valence-corrected chi connectivity index (χ1v) is 8.71. The second kappa shape index (κ2) is 5.88. The van der Waals surface area contributed by atoms with Gasteiger partial charge in [0.2, 0.25) is 0 Å². The van der Waals surface area contributed by atoms with E-state index in [1.54, 1.807) is 11.9 Å². The Balaban J connectivity index is 2.01. The summed E-state index contributed by atoms with van der Waals surface area (Å²) in [5.74, 6) is 0.355. The van der Waals surface area contributed by atoms with Crippen LogP contribution >= 0.6 is 11.6 Å². The molecule has 2 aromatic carbocycles. The number of sulfonamides is 1. The maximum Gasteiger partial charge on any atom is 0.289 e. The summed E-state index contributed by atoms with van der Waals surface area (Å²) in [6, 6.07) is 10.8. The molecule has 1 aliphatic rings. The molecule has 0 aromatic heterocycles. The average molecular weight is 366 g/mol. The van der Waals surface area contributed by atoms with Crippen molar-refractivity contribution in [2.75, 3.05) is 11.9 Å². The van der Waals surface area contributed by atoms with Gasteiger partial charge in [-0.15, -0.1) is 4.40 Å². The minimum absolute atomic E-state index is 0.128. The molecule has 124 valence electrons. The fraction of sp³-hybridized carbons (Fsp3) is 0.133. The van der Waals surface area contributed by atoms with E-state index >= 15 is 0 Å². The molecule has 1 aliphatic heterocycles. The highest BCUT2D eigenvalue weighted by Crippen LogP contribution is 2.30. The van der Waals surface area contributed by atoms with E-state index in [-0.39, 0.29) is 9.92 Å². The van der Waals surface area contributed by atoms with Crippen LogP contribution in [0.15, 0.2) is 51.8 Å². The third-order valence-electron chi connectivity index (χ3n) is 3.73. The molecule has 0 radical (unpaired) electrons. The van der Waals surface area contributed by atoms with Crippen molar-refractivity contribution in [2.24, 2.45) is 4.40 Å². The zero-order chi connectivity index (χ0) is 17.5. The van der Waals surface area contributed by atoms with Gasteiger partial charge in [0.15, 0.2) is 0 Å². The lowest BCUT2D eigenvalue weighted by atomic mass is 10.2. The third kappa shape index (κ3) is 2.85. The molecule has 9 heteroatoms. The van der Waals surface area contributed by atoms with Crippen LogP contribution in [0.3, 0.4) is 0 Å². The summed E-state index contributed by atoms with van der Waals surface area (Å²) in [4.78, 5) is 11.6. The highest BCUT2D eigenvalue weighted by Gasteiger charge is 2.26. The lowest BCUT2D eigenvalue weighted by Crippen LogP contribution is -2.23.